The molecule has 2 aromatic rings. The fourth-order valence-corrected chi connectivity index (χ4v) is 4.38. The van der Waals surface area contributed by atoms with Gasteiger partial charge in [0.1, 0.15) is 5.75 Å². The van der Waals surface area contributed by atoms with Crippen molar-refractivity contribution in [3.8, 4) is 5.75 Å². The van der Waals surface area contributed by atoms with E-state index in [2.05, 4.69) is 53.1 Å². The van der Waals surface area contributed by atoms with Crippen LogP contribution in [-0.4, -0.2) is 46.6 Å². The highest BCUT2D eigenvalue weighted by Gasteiger charge is 2.34. The SMILES string of the molecule is C=CCN1C[C@H](C)N(C(c2ccsc2)c2cccc(O)c2)C[C@H]1C. The number of rotatable bonds is 5. The summed E-state index contributed by atoms with van der Waals surface area (Å²) in [6, 6.07) is 11.0. The van der Waals surface area contributed by atoms with Gasteiger partial charge in [0.2, 0.25) is 0 Å². The van der Waals surface area contributed by atoms with E-state index in [1.165, 1.54) is 5.56 Å². The predicted octanol–water partition coefficient (Wildman–Crippen LogP) is 4.12. The lowest BCUT2D eigenvalue weighted by Crippen LogP contribution is -2.57. The van der Waals surface area contributed by atoms with Crippen LogP contribution < -0.4 is 0 Å². The molecule has 0 amide bonds. The number of phenolic OH excluding ortho intramolecular Hbond substituents is 1. The third kappa shape index (κ3) is 3.56. The first-order valence-electron chi connectivity index (χ1n) is 8.52. The zero-order valence-corrected chi connectivity index (χ0v) is 15.2. The van der Waals surface area contributed by atoms with Gasteiger partial charge in [-0.2, -0.15) is 11.3 Å². The number of hydrogen-bond donors (Lipinski definition) is 1. The van der Waals surface area contributed by atoms with Crippen molar-refractivity contribution in [2.45, 2.75) is 32.0 Å². The maximum absolute atomic E-state index is 9.95. The van der Waals surface area contributed by atoms with Gasteiger partial charge in [0.15, 0.2) is 0 Å². The molecule has 0 radical (unpaired) electrons. The van der Waals surface area contributed by atoms with Crippen molar-refractivity contribution in [3.05, 3.63) is 64.9 Å². The van der Waals surface area contributed by atoms with Crippen molar-refractivity contribution in [2.75, 3.05) is 19.6 Å². The smallest absolute Gasteiger partial charge is 0.115 e. The molecular formula is C20H26N2OS. The van der Waals surface area contributed by atoms with Gasteiger partial charge in [-0.15, -0.1) is 6.58 Å². The second kappa shape index (κ2) is 7.51. The normalized spacial score (nSPS) is 23.9. The third-order valence-electron chi connectivity index (χ3n) is 4.90. The zero-order valence-electron chi connectivity index (χ0n) is 14.4. The van der Waals surface area contributed by atoms with Crippen LogP contribution in [0.4, 0.5) is 0 Å². The number of benzene rings is 1. The summed E-state index contributed by atoms with van der Waals surface area (Å²) < 4.78 is 0. The average Bonchev–Trinajstić information content (AvgIpc) is 3.06. The van der Waals surface area contributed by atoms with Crippen LogP contribution in [0.2, 0.25) is 0 Å². The van der Waals surface area contributed by atoms with Gasteiger partial charge in [-0.25, -0.2) is 0 Å². The Bertz CT molecular complexity index is 670. The molecule has 2 heterocycles. The molecule has 1 saturated heterocycles. The van der Waals surface area contributed by atoms with Crippen LogP contribution in [0.15, 0.2) is 53.7 Å². The zero-order chi connectivity index (χ0) is 17.1. The van der Waals surface area contributed by atoms with Gasteiger partial charge in [0.25, 0.3) is 0 Å². The average molecular weight is 343 g/mol. The van der Waals surface area contributed by atoms with Gasteiger partial charge in [0, 0.05) is 31.7 Å². The summed E-state index contributed by atoms with van der Waals surface area (Å²) in [6.45, 7) is 11.4. The highest BCUT2D eigenvalue weighted by atomic mass is 32.1. The minimum atomic E-state index is 0.187. The van der Waals surface area contributed by atoms with Gasteiger partial charge in [-0.05, 0) is 53.9 Å². The molecule has 4 heteroatoms. The van der Waals surface area contributed by atoms with Crippen LogP contribution in [0.1, 0.15) is 31.0 Å². The van der Waals surface area contributed by atoms with E-state index in [4.69, 9.17) is 0 Å². The Morgan fingerprint density at radius 3 is 2.75 bits per heavy atom. The first-order valence-corrected chi connectivity index (χ1v) is 9.46. The molecule has 0 spiro atoms. The van der Waals surface area contributed by atoms with Crippen LogP contribution in [0.5, 0.6) is 5.75 Å². The summed E-state index contributed by atoms with van der Waals surface area (Å²) in [4.78, 5) is 5.06. The molecule has 3 nitrogen and oxygen atoms in total. The van der Waals surface area contributed by atoms with Gasteiger partial charge in [0.05, 0.1) is 6.04 Å². The summed E-state index contributed by atoms with van der Waals surface area (Å²) in [7, 11) is 0. The standard InChI is InChI=1S/C20H26N2OS/c1-4-9-21-12-16(3)22(13-15(21)2)20(18-8-10-24-14-18)17-6-5-7-19(23)11-17/h4-8,10-11,14-16,20,23H,1,9,12-13H2,2-3H3/t15-,16+,20?/m1/s1. The van der Waals surface area contributed by atoms with Gasteiger partial charge >= 0.3 is 0 Å². The molecule has 0 bridgehead atoms. The number of phenols is 1. The highest BCUT2D eigenvalue weighted by Crippen LogP contribution is 2.35. The number of thiophene rings is 1. The van der Waals surface area contributed by atoms with Crippen molar-refractivity contribution >= 4 is 11.3 Å². The maximum Gasteiger partial charge on any atom is 0.115 e. The minimum Gasteiger partial charge on any atom is -0.508 e. The Hall–Kier alpha value is -1.62. The molecule has 1 fully saturated rings. The molecule has 0 aliphatic carbocycles. The van der Waals surface area contributed by atoms with E-state index in [1.807, 2.05) is 18.2 Å². The van der Waals surface area contributed by atoms with E-state index in [0.717, 1.165) is 25.2 Å². The van der Waals surface area contributed by atoms with E-state index < -0.39 is 0 Å². The predicted molar refractivity (Wildman–Crippen MR) is 102 cm³/mol. The fraction of sp³-hybridized carbons (Fsp3) is 0.400. The number of hydrogen-bond acceptors (Lipinski definition) is 4. The molecule has 128 valence electrons. The molecular weight excluding hydrogens is 316 g/mol. The van der Waals surface area contributed by atoms with Crippen molar-refractivity contribution < 1.29 is 5.11 Å². The molecule has 24 heavy (non-hydrogen) atoms. The molecule has 1 N–H and O–H groups in total. The summed E-state index contributed by atoms with van der Waals surface area (Å²) in [5.74, 6) is 0.332. The van der Waals surface area contributed by atoms with Crippen molar-refractivity contribution in [1.82, 2.24) is 9.80 Å². The van der Waals surface area contributed by atoms with E-state index in [9.17, 15) is 5.11 Å². The van der Waals surface area contributed by atoms with Crippen LogP contribution in [-0.2, 0) is 0 Å². The minimum absolute atomic E-state index is 0.187. The number of piperazine rings is 1. The third-order valence-corrected chi connectivity index (χ3v) is 5.60. The van der Waals surface area contributed by atoms with E-state index in [-0.39, 0.29) is 6.04 Å². The molecule has 1 aromatic heterocycles. The number of nitrogens with zero attached hydrogens (tertiary/aromatic N) is 2. The largest absolute Gasteiger partial charge is 0.508 e. The first-order chi connectivity index (χ1) is 11.6. The van der Waals surface area contributed by atoms with Crippen LogP contribution in [0.3, 0.4) is 0 Å². The molecule has 3 atom stereocenters. The monoisotopic (exact) mass is 342 g/mol. The lowest BCUT2D eigenvalue weighted by Gasteiger charge is -2.47. The van der Waals surface area contributed by atoms with Gasteiger partial charge in [-0.1, -0.05) is 18.2 Å². The summed E-state index contributed by atoms with van der Waals surface area (Å²) >= 11 is 1.73. The second-order valence-corrected chi connectivity index (χ2v) is 7.47. The van der Waals surface area contributed by atoms with E-state index in [1.54, 1.807) is 17.4 Å². The Morgan fingerprint density at radius 2 is 2.08 bits per heavy atom. The summed E-state index contributed by atoms with van der Waals surface area (Å²) in [5, 5.41) is 14.3. The fourth-order valence-electron chi connectivity index (χ4n) is 3.71. The quantitative estimate of drug-likeness (QED) is 0.828. The van der Waals surface area contributed by atoms with E-state index >= 15 is 0 Å². The lowest BCUT2D eigenvalue weighted by molar-refractivity contribution is 0.0307. The van der Waals surface area contributed by atoms with Gasteiger partial charge in [-0.3, -0.25) is 9.80 Å². The molecule has 1 aromatic carbocycles. The Kier molecular flexibility index (Phi) is 5.39. The Morgan fingerprint density at radius 1 is 1.25 bits per heavy atom. The van der Waals surface area contributed by atoms with Gasteiger partial charge < -0.3 is 5.11 Å². The second-order valence-electron chi connectivity index (χ2n) is 6.69. The number of aromatic hydroxyl groups is 1. The molecule has 1 unspecified atom stereocenters. The van der Waals surface area contributed by atoms with Crippen LogP contribution >= 0.6 is 11.3 Å². The molecule has 1 aliphatic heterocycles. The summed E-state index contributed by atoms with van der Waals surface area (Å²) in [6.07, 6.45) is 1.99. The Balaban J connectivity index is 1.93. The van der Waals surface area contributed by atoms with Crippen molar-refractivity contribution in [1.29, 1.82) is 0 Å². The van der Waals surface area contributed by atoms with E-state index in [0.29, 0.717) is 17.8 Å². The highest BCUT2D eigenvalue weighted by molar-refractivity contribution is 7.08. The topological polar surface area (TPSA) is 26.7 Å². The molecule has 0 saturated carbocycles. The Labute approximate surface area is 148 Å². The molecule has 1 aliphatic rings. The first kappa shape index (κ1) is 17.2. The lowest BCUT2D eigenvalue weighted by atomic mass is 9.95. The van der Waals surface area contributed by atoms with Crippen molar-refractivity contribution in [2.24, 2.45) is 0 Å². The maximum atomic E-state index is 9.95. The van der Waals surface area contributed by atoms with Crippen LogP contribution in [0, 0.1) is 0 Å². The molecule has 3 rings (SSSR count). The van der Waals surface area contributed by atoms with Crippen LogP contribution in [0.25, 0.3) is 0 Å². The van der Waals surface area contributed by atoms with Crippen molar-refractivity contribution in [3.63, 3.8) is 0 Å². The summed E-state index contributed by atoms with van der Waals surface area (Å²) in [5.41, 5.74) is 2.46.